The molecule has 5 nitrogen and oxygen atoms in total. The van der Waals surface area contributed by atoms with Crippen molar-refractivity contribution in [3.8, 4) is 0 Å². The first-order valence-corrected chi connectivity index (χ1v) is 8.86. The van der Waals surface area contributed by atoms with E-state index < -0.39 is 17.7 Å². The molecule has 5 rings (SSSR count). The lowest BCUT2D eigenvalue weighted by Gasteiger charge is -2.58. The fourth-order valence-corrected chi connectivity index (χ4v) is 5.23. The topological polar surface area (TPSA) is 54.0 Å². The van der Waals surface area contributed by atoms with Gasteiger partial charge in [0, 0.05) is 18.3 Å². The predicted octanol–water partition coefficient (Wildman–Crippen LogP) is 3.34. The quantitative estimate of drug-likeness (QED) is 0.453. The largest absolute Gasteiger partial charge is 0.432 e. The summed E-state index contributed by atoms with van der Waals surface area (Å²) >= 11 is 0. The van der Waals surface area contributed by atoms with Gasteiger partial charge in [0.2, 0.25) is 12.1 Å². The molecule has 7 atom stereocenters. The maximum atomic E-state index is 12.6. The van der Waals surface area contributed by atoms with E-state index in [1.165, 1.54) is 0 Å². The lowest BCUT2D eigenvalue weighted by molar-refractivity contribution is -0.559. The lowest BCUT2D eigenvalue weighted by Crippen LogP contribution is -2.70. The smallest absolute Gasteiger partial charge is 0.311 e. The molecule has 0 radical (unpaired) electrons. The SMILES string of the molecule is C=CCC[C@@H]1C(=O)O[C@@H]2O[C@@]3(C)CC[C@H]4[C@H](C)CC[C@@H]1[C@@]24OO3. The van der Waals surface area contributed by atoms with Crippen LogP contribution in [0, 0.1) is 23.7 Å². The molecular weight excluding hydrogens is 296 g/mol. The van der Waals surface area contributed by atoms with Crippen molar-refractivity contribution in [2.24, 2.45) is 23.7 Å². The summed E-state index contributed by atoms with van der Waals surface area (Å²) in [4.78, 5) is 24.3. The first kappa shape index (κ1) is 15.6. The van der Waals surface area contributed by atoms with Crippen LogP contribution in [-0.2, 0) is 24.0 Å². The molecule has 1 saturated carbocycles. The molecule has 0 amide bonds. The van der Waals surface area contributed by atoms with E-state index in [4.69, 9.17) is 19.2 Å². The van der Waals surface area contributed by atoms with Gasteiger partial charge in [0.1, 0.15) is 0 Å². The van der Waals surface area contributed by atoms with E-state index in [0.717, 1.165) is 38.5 Å². The summed E-state index contributed by atoms with van der Waals surface area (Å²) in [5.74, 6) is -0.216. The van der Waals surface area contributed by atoms with Crippen molar-refractivity contribution in [1.82, 2.24) is 0 Å². The molecule has 1 spiro atoms. The highest BCUT2D eigenvalue weighted by Gasteiger charge is 2.70. The van der Waals surface area contributed by atoms with Crippen molar-refractivity contribution in [2.45, 2.75) is 70.1 Å². The zero-order chi connectivity index (χ0) is 16.2. The second-order valence-electron chi connectivity index (χ2n) is 7.82. The predicted molar refractivity (Wildman–Crippen MR) is 81.8 cm³/mol. The summed E-state index contributed by atoms with van der Waals surface area (Å²) in [6.45, 7) is 7.92. The monoisotopic (exact) mass is 322 g/mol. The molecule has 128 valence electrons. The number of carbonyl (C=O) groups excluding carboxylic acids is 1. The summed E-state index contributed by atoms with van der Waals surface area (Å²) < 4.78 is 11.8. The Morgan fingerprint density at radius 2 is 2.09 bits per heavy atom. The molecule has 2 bridgehead atoms. The molecule has 4 heterocycles. The van der Waals surface area contributed by atoms with Gasteiger partial charge in [-0.1, -0.05) is 13.0 Å². The number of rotatable bonds is 3. The van der Waals surface area contributed by atoms with E-state index in [2.05, 4.69) is 13.5 Å². The second-order valence-corrected chi connectivity index (χ2v) is 7.82. The van der Waals surface area contributed by atoms with E-state index in [1.807, 2.05) is 13.0 Å². The Kier molecular flexibility index (Phi) is 3.59. The first-order valence-electron chi connectivity index (χ1n) is 8.86. The fraction of sp³-hybridized carbons (Fsp3) is 0.833. The minimum atomic E-state index is -0.814. The number of carbonyl (C=O) groups is 1. The van der Waals surface area contributed by atoms with Gasteiger partial charge in [-0.3, -0.25) is 4.79 Å². The molecule has 0 aromatic rings. The number of allylic oxidation sites excluding steroid dienone is 1. The molecule has 4 saturated heterocycles. The van der Waals surface area contributed by atoms with Crippen LogP contribution in [0.15, 0.2) is 12.7 Å². The minimum Gasteiger partial charge on any atom is -0.432 e. The maximum absolute atomic E-state index is 12.6. The molecule has 5 fully saturated rings. The van der Waals surface area contributed by atoms with E-state index >= 15 is 0 Å². The lowest BCUT2D eigenvalue weighted by atomic mass is 9.57. The standard InChI is InChI=1S/C18H26O5/c1-4-5-6-12-14-8-7-11(2)13-9-10-17(3)21-16(20-15(12)19)18(13,14)23-22-17/h4,11-14,16H,1,5-10H2,2-3H3/t11-,12+,13+,14+,16-,17-,18-/m1/s1. The number of hydrogen-bond donors (Lipinski definition) is 0. The third-order valence-corrected chi connectivity index (χ3v) is 6.47. The molecule has 0 aromatic heterocycles. The summed E-state index contributed by atoms with van der Waals surface area (Å²) in [6, 6.07) is 0. The van der Waals surface area contributed by atoms with Gasteiger partial charge in [0.05, 0.1) is 5.92 Å². The zero-order valence-electron chi connectivity index (χ0n) is 14.0. The minimum absolute atomic E-state index is 0.0950. The molecule has 5 aliphatic rings. The summed E-state index contributed by atoms with van der Waals surface area (Å²) in [7, 11) is 0. The van der Waals surface area contributed by atoms with Crippen molar-refractivity contribution in [2.75, 3.05) is 0 Å². The highest BCUT2D eigenvalue weighted by molar-refractivity contribution is 5.74. The average molecular weight is 322 g/mol. The van der Waals surface area contributed by atoms with Crippen LogP contribution in [0.25, 0.3) is 0 Å². The van der Waals surface area contributed by atoms with Gasteiger partial charge in [0.25, 0.3) is 0 Å². The third-order valence-electron chi connectivity index (χ3n) is 6.47. The van der Waals surface area contributed by atoms with Gasteiger partial charge in [-0.15, -0.1) is 6.58 Å². The van der Waals surface area contributed by atoms with E-state index in [-0.39, 0.29) is 17.8 Å². The summed E-state index contributed by atoms with van der Waals surface area (Å²) in [5.41, 5.74) is -0.645. The van der Waals surface area contributed by atoms with Crippen molar-refractivity contribution < 1.29 is 24.0 Å². The van der Waals surface area contributed by atoms with Crippen molar-refractivity contribution in [3.63, 3.8) is 0 Å². The Morgan fingerprint density at radius 1 is 1.26 bits per heavy atom. The van der Waals surface area contributed by atoms with Gasteiger partial charge in [-0.25, -0.2) is 9.78 Å². The molecule has 4 aliphatic heterocycles. The van der Waals surface area contributed by atoms with Gasteiger partial charge in [-0.2, -0.15) is 0 Å². The number of ether oxygens (including phenoxy) is 2. The maximum Gasteiger partial charge on any atom is 0.311 e. The van der Waals surface area contributed by atoms with Crippen molar-refractivity contribution in [1.29, 1.82) is 0 Å². The van der Waals surface area contributed by atoms with Gasteiger partial charge in [-0.05, 0) is 44.9 Å². The molecule has 0 unspecified atom stereocenters. The third kappa shape index (κ3) is 2.13. The van der Waals surface area contributed by atoms with E-state index in [9.17, 15) is 4.79 Å². The molecule has 23 heavy (non-hydrogen) atoms. The Morgan fingerprint density at radius 3 is 2.87 bits per heavy atom. The fourth-order valence-electron chi connectivity index (χ4n) is 5.23. The van der Waals surface area contributed by atoms with Gasteiger partial charge in [0.15, 0.2) is 5.60 Å². The molecule has 0 aromatic carbocycles. The van der Waals surface area contributed by atoms with Crippen LogP contribution < -0.4 is 0 Å². The van der Waals surface area contributed by atoms with Crippen LogP contribution in [0.2, 0.25) is 0 Å². The number of hydrogen-bond acceptors (Lipinski definition) is 5. The molecule has 5 heteroatoms. The highest BCUT2D eigenvalue weighted by atomic mass is 17.3. The van der Waals surface area contributed by atoms with Crippen molar-refractivity contribution >= 4 is 5.97 Å². The molecule has 1 aliphatic carbocycles. The van der Waals surface area contributed by atoms with Crippen LogP contribution in [0.5, 0.6) is 0 Å². The van der Waals surface area contributed by atoms with Crippen LogP contribution in [-0.4, -0.2) is 23.6 Å². The Balaban J connectivity index is 1.76. The van der Waals surface area contributed by atoms with Crippen LogP contribution in [0.1, 0.15) is 52.4 Å². The molecule has 0 N–H and O–H groups in total. The van der Waals surface area contributed by atoms with E-state index in [0.29, 0.717) is 11.8 Å². The normalized spacial score (nSPS) is 51.6. The zero-order valence-corrected chi connectivity index (χ0v) is 14.0. The summed E-state index contributed by atoms with van der Waals surface area (Å²) in [6.07, 6.45) is 6.58. The van der Waals surface area contributed by atoms with Crippen molar-refractivity contribution in [3.05, 3.63) is 12.7 Å². The van der Waals surface area contributed by atoms with Crippen LogP contribution in [0.4, 0.5) is 0 Å². The average Bonchev–Trinajstić information content (AvgIpc) is 2.74. The van der Waals surface area contributed by atoms with E-state index in [1.54, 1.807) is 0 Å². The van der Waals surface area contributed by atoms with Gasteiger partial charge >= 0.3 is 5.97 Å². The first-order chi connectivity index (χ1) is 11.0. The Bertz CT molecular complexity index is 520. The molecular formula is C18H26O5. The number of esters is 1. The highest BCUT2D eigenvalue weighted by Crippen LogP contribution is 2.60. The Labute approximate surface area is 137 Å². The van der Waals surface area contributed by atoms with Crippen LogP contribution >= 0.6 is 0 Å². The second kappa shape index (κ2) is 5.30. The summed E-state index contributed by atoms with van der Waals surface area (Å²) in [5, 5.41) is 0. The Hall–Kier alpha value is -0.910. The number of fused-ring (bicyclic) bond motifs is 2. The van der Waals surface area contributed by atoms with Crippen LogP contribution in [0.3, 0.4) is 0 Å². The van der Waals surface area contributed by atoms with Gasteiger partial charge < -0.3 is 9.47 Å².